The number of carbonyl (C=O) groups is 1. The number of fused-ring (bicyclic) bond motifs is 1. The third-order valence-corrected chi connectivity index (χ3v) is 2.97. The summed E-state index contributed by atoms with van der Waals surface area (Å²) in [7, 11) is 4.53. The molecule has 0 aromatic heterocycles. The average molecular weight is 250 g/mol. The average Bonchev–Trinajstić information content (AvgIpc) is 2.81. The van der Waals surface area contributed by atoms with E-state index in [4.69, 9.17) is 14.2 Å². The molecule has 0 heterocycles. The fourth-order valence-electron chi connectivity index (χ4n) is 2.18. The predicted molar refractivity (Wildman–Crippen MR) is 65.4 cm³/mol. The van der Waals surface area contributed by atoms with E-state index in [-0.39, 0.29) is 5.57 Å². The van der Waals surface area contributed by atoms with Crippen molar-refractivity contribution in [3.8, 4) is 17.2 Å². The standard InChI is InChI=1S/C13H14O5/c1-16-9-6-10(17-2)12(18-3)11-7(9)4-5-8(11)13(14)15/h5-6H,4H2,1-3H3,(H,14,15). The van der Waals surface area contributed by atoms with Gasteiger partial charge >= 0.3 is 5.97 Å². The fourth-order valence-corrected chi connectivity index (χ4v) is 2.18. The predicted octanol–water partition coefficient (Wildman–Crippen LogP) is 1.74. The van der Waals surface area contributed by atoms with Crippen molar-refractivity contribution in [2.45, 2.75) is 6.42 Å². The molecule has 0 radical (unpaired) electrons. The van der Waals surface area contributed by atoms with Crippen LogP contribution in [0, 0.1) is 0 Å². The van der Waals surface area contributed by atoms with Crippen LogP contribution in [0.2, 0.25) is 0 Å². The minimum atomic E-state index is -0.984. The summed E-state index contributed by atoms with van der Waals surface area (Å²) in [4.78, 5) is 11.2. The topological polar surface area (TPSA) is 65.0 Å². The summed E-state index contributed by atoms with van der Waals surface area (Å²) >= 11 is 0. The van der Waals surface area contributed by atoms with Gasteiger partial charge in [0, 0.05) is 17.2 Å². The molecule has 1 N–H and O–H groups in total. The fraction of sp³-hybridized carbons (Fsp3) is 0.308. The first-order valence-corrected chi connectivity index (χ1v) is 5.39. The van der Waals surface area contributed by atoms with Crippen molar-refractivity contribution in [2.75, 3.05) is 21.3 Å². The first-order valence-electron chi connectivity index (χ1n) is 5.39. The highest BCUT2D eigenvalue weighted by molar-refractivity contribution is 6.18. The lowest BCUT2D eigenvalue weighted by molar-refractivity contribution is -0.130. The molecule has 5 heteroatoms. The van der Waals surface area contributed by atoms with Gasteiger partial charge in [-0.05, 0) is 6.42 Å². The van der Waals surface area contributed by atoms with E-state index in [2.05, 4.69) is 0 Å². The Morgan fingerprint density at radius 2 is 1.83 bits per heavy atom. The van der Waals surface area contributed by atoms with Crippen molar-refractivity contribution in [1.82, 2.24) is 0 Å². The smallest absolute Gasteiger partial charge is 0.336 e. The molecule has 1 aromatic rings. The Balaban J connectivity index is 2.72. The van der Waals surface area contributed by atoms with E-state index < -0.39 is 5.97 Å². The Kier molecular flexibility index (Phi) is 3.14. The summed E-state index contributed by atoms with van der Waals surface area (Å²) in [5.41, 5.74) is 1.58. The van der Waals surface area contributed by atoms with Gasteiger partial charge < -0.3 is 19.3 Å². The van der Waals surface area contributed by atoms with Gasteiger partial charge in [0.15, 0.2) is 11.5 Å². The van der Waals surface area contributed by atoms with Crippen LogP contribution < -0.4 is 14.2 Å². The number of rotatable bonds is 4. The summed E-state index contributed by atoms with van der Waals surface area (Å²) in [6, 6.07) is 1.70. The van der Waals surface area contributed by atoms with Gasteiger partial charge in [-0.1, -0.05) is 6.08 Å². The van der Waals surface area contributed by atoms with Crippen LogP contribution in [0.15, 0.2) is 12.1 Å². The molecular weight excluding hydrogens is 236 g/mol. The van der Waals surface area contributed by atoms with Crippen LogP contribution in [-0.2, 0) is 11.2 Å². The monoisotopic (exact) mass is 250 g/mol. The highest BCUT2D eigenvalue weighted by Crippen LogP contribution is 2.46. The number of aliphatic carboxylic acids is 1. The maximum atomic E-state index is 11.2. The molecule has 0 amide bonds. The molecule has 96 valence electrons. The first-order chi connectivity index (χ1) is 8.63. The Morgan fingerprint density at radius 3 is 2.33 bits per heavy atom. The maximum Gasteiger partial charge on any atom is 0.336 e. The lowest BCUT2D eigenvalue weighted by atomic mass is 10.0. The number of methoxy groups -OCH3 is 3. The molecule has 0 saturated heterocycles. The van der Waals surface area contributed by atoms with Gasteiger partial charge in [-0.15, -0.1) is 0 Å². The minimum Gasteiger partial charge on any atom is -0.496 e. The van der Waals surface area contributed by atoms with Crippen molar-refractivity contribution in [2.24, 2.45) is 0 Å². The molecular formula is C13H14O5. The zero-order valence-corrected chi connectivity index (χ0v) is 10.4. The minimum absolute atomic E-state index is 0.221. The van der Waals surface area contributed by atoms with Crippen molar-refractivity contribution in [3.63, 3.8) is 0 Å². The molecule has 0 saturated carbocycles. The van der Waals surface area contributed by atoms with E-state index in [1.807, 2.05) is 0 Å². The van der Waals surface area contributed by atoms with Gasteiger partial charge in [-0.25, -0.2) is 4.79 Å². The van der Waals surface area contributed by atoms with Gasteiger partial charge in [-0.3, -0.25) is 0 Å². The lowest BCUT2D eigenvalue weighted by Crippen LogP contribution is -2.03. The molecule has 18 heavy (non-hydrogen) atoms. The largest absolute Gasteiger partial charge is 0.496 e. The number of benzene rings is 1. The van der Waals surface area contributed by atoms with Gasteiger partial charge in [-0.2, -0.15) is 0 Å². The van der Waals surface area contributed by atoms with E-state index in [0.717, 1.165) is 5.56 Å². The number of ether oxygens (including phenoxy) is 3. The zero-order chi connectivity index (χ0) is 13.3. The highest BCUT2D eigenvalue weighted by Gasteiger charge is 2.29. The summed E-state index contributed by atoms with van der Waals surface area (Å²) in [5.74, 6) is 0.513. The van der Waals surface area contributed by atoms with Crippen molar-refractivity contribution in [1.29, 1.82) is 0 Å². The highest BCUT2D eigenvalue weighted by atomic mass is 16.5. The SMILES string of the molecule is COc1cc(OC)c(OC)c2c1CC=C2C(=O)O. The second-order valence-electron chi connectivity index (χ2n) is 3.79. The summed E-state index contributed by atoms with van der Waals surface area (Å²) in [6.45, 7) is 0. The number of carboxylic acid groups (broad SMARTS) is 1. The molecule has 2 rings (SSSR count). The Bertz CT molecular complexity index is 531. The molecule has 1 aliphatic rings. The van der Waals surface area contributed by atoms with Crippen LogP contribution in [0.1, 0.15) is 11.1 Å². The van der Waals surface area contributed by atoms with E-state index in [9.17, 15) is 9.90 Å². The molecule has 1 aromatic carbocycles. The molecule has 1 aliphatic carbocycles. The summed E-state index contributed by atoms with van der Waals surface area (Å²) in [6.07, 6.45) is 2.16. The van der Waals surface area contributed by atoms with E-state index in [0.29, 0.717) is 29.2 Å². The number of allylic oxidation sites excluding steroid dienone is 1. The van der Waals surface area contributed by atoms with Crippen LogP contribution in [0.3, 0.4) is 0 Å². The summed E-state index contributed by atoms with van der Waals surface area (Å²) < 4.78 is 15.7. The van der Waals surface area contributed by atoms with E-state index in [1.54, 1.807) is 19.3 Å². The Morgan fingerprint density at radius 1 is 1.17 bits per heavy atom. The van der Waals surface area contributed by atoms with Crippen LogP contribution >= 0.6 is 0 Å². The van der Waals surface area contributed by atoms with Crippen molar-refractivity contribution >= 4 is 11.5 Å². The molecule has 0 spiro atoms. The zero-order valence-electron chi connectivity index (χ0n) is 10.4. The van der Waals surface area contributed by atoms with E-state index >= 15 is 0 Å². The molecule has 5 nitrogen and oxygen atoms in total. The van der Waals surface area contributed by atoms with Gasteiger partial charge in [0.25, 0.3) is 0 Å². The van der Waals surface area contributed by atoms with Gasteiger partial charge in [0.1, 0.15) is 5.75 Å². The normalized spacial score (nSPS) is 12.7. The van der Waals surface area contributed by atoms with Crippen LogP contribution in [0.4, 0.5) is 0 Å². The number of hydrogen-bond donors (Lipinski definition) is 1. The second kappa shape index (κ2) is 4.60. The molecule has 0 fully saturated rings. The van der Waals surface area contributed by atoms with Gasteiger partial charge in [0.2, 0.25) is 0 Å². The molecule has 0 atom stereocenters. The Hall–Kier alpha value is -2.17. The van der Waals surface area contributed by atoms with Crippen molar-refractivity contribution < 1.29 is 24.1 Å². The number of carboxylic acids is 1. The molecule has 0 aliphatic heterocycles. The molecule has 0 bridgehead atoms. The quantitative estimate of drug-likeness (QED) is 0.881. The van der Waals surface area contributed by atoms with Crippen LogP contribution in [-0.4, -0.2) is 32.4 Å². The number of hydrogen-bond acceptors (Lipinski definition) is 4. The van der Waals surface area contributed by atoms with Gasteiger partial charge in [0.05, 0.1) is 26.9 Å². The van der Waals surface area contributed by atoms with Crippen LogP contribution in [0.5, 0.6) is 17.2 Å². The third-order valence-electron chi connectivity index (χ3n) is 2.97. The molecule has 0 unspecified atom stereocenters. The summed E-state index contributed by atoms with van der Waals surface area (Å²) in [5, 5.41) is 9.20. The Labute approximate surface area is 105 Å². The van der Waals surface area contributed by atoms with E-state index in [1.165, 1.54) is 14.2 Å². The lowest BCUT2D eigenvalue weighted by Gasteiger charge is -2.16. The van der Waals surface area contributed by atoms with Crippen LogP contribution in [0.25, 0.3) is 5.57 Å². The second-order valence-corrected chi connectivity index (χ2v) is 3.79. The third kappa shape index (κ3) is 1.68. The maximum absolute atomic E-state index is 11.2. The first kappa shape index (κ1) is 12.3. The van der Waals surface area contributed by atoms with Crippen molar-refractivity contribution in [3.05, 3.63) is 23.3 Å².